The van der Waals surface area contributed by atoms with Gasteiger partial charge in [0.2, 0.25) is 0 Å². The molecule has 0 N–H and O–H groups in total. The fourth-order valence-corrected chi connectivity index (χ4v) is 5.27. The molecule has 0 spiro atoms. The van der Waals surface area contributed by atoms with E-state index in [4.69, 9.17) is 27.7 Å². The van der Waals surface area contributed by atoms with Crippen LogP contribution in [0.25, 0.3) is 11.1 Å². The average molecular weight is 463 g/mol. The van der Waals surface area contributed by atoms with E-state index >= 15 is 0 Å². The monoisotopic (exact) mass is 462 g/mol. The molecule has 2 saturated heterocycles. The molecule has 0 radical (unpaired) electrons. The molecular weight excluding hydrogens is 442 g/mol. The molecule has 3 aromatic rings. The maximum Gasteiger partial charge on any atom is 0.259 e. The number of piperazine rings is 1. The summed E-state index contributed by atoms with van der Waals surface area (Å²) < 4.78 is 18.6. The number of carbonyl (C=O) groups excluding carboxylic acids is 1. The number of fused-ring (bicyclic) bond motifs is 2. The molecule has 9 heteroatoms. The van der Waals surface area contributed by atoms with Gasteiger partial charge in [-0.05, 0) is 43.4 Å². The highest BCUT2D eigenvalue weighted by molar-refractivity contribution is 6.38. The van der Waals surface area contributed by atoms with Crippen molar-refractivity contribution in [2.75, 3.05) is 26.2 Å². The van der Waals surface area contributed by atoms with E-state index in [1.54, 1.807) is 13.0 Å². The van der Waals surface area contributed by atoms with Crippen molar-refractivity contribution < 1.29 is 13.7 Å². The zero-order valence-electron chi connectivity index (χ0n) is 16.9. The fraction of sp³-hybridized carbons (Fsp3) is 0.409. The van der Waals surface area contributed by atoms with Crippen molar-refractivity contribution in [1.82, 2.24) is 19.9 Å². The van der Waals surface area contributed by atoms with Crippen LogP contribution in [0.2, 0.25) is 10.0 Å². The number of amides is 1. The number of benzene rings is 1. The minimum Gasteiger partial charge on any atom is -0.336 e. The molecule has 2 fully saturated rings. The highest BCUT2D eigenvalue weighted by Gasteiger charge is 2.36. The normalized spacial score (nSPS) is 22.0. The quantitative estimate of drug-likeness (QED) is 0.552. The van der Waals surface area contributed by atoms with Crippen LogP contribution in [0, 0.1) is 12.7 Å². The standard InChI is InChI=1S/C22H21Cl2FN4O2/c1-12-19-20(24)16(9-26-21(19)31-27-12)22(30)29-7-6-28-10-14(2-4-15(28)11-29)13-3-5-18(25)17(23)8-13/h3,5,8-9,14-15H,2,4,6-7,10-11H2,1H3/t14-,15+/m0/s1. The first kappa shape index (κ1) is 20.7. The summed E-state index contributed by atoms with van der Waals surface area (Å²) in [7, 11) is 0. The number of piperidine rings is 1. The van der Waals surface area contributed by atoms with Gasteiger partial charge in [-0.2, -0.15) is 0 Å². The number of hydrogen-bond acceptors (Lipinski definition) is 5. The second-order valence-electron chi connectivity index (χ2n) is 8.28. The number of hydrogen-bond donors (Lipinski definition) is 0. The maximum absolute atomic E-state index is 13.5. The Balaban J connectivity index is 1.30. The van der Waals surface area contributed by atoms with E-state index in [9.17, 15) is 9.18 Å². The summed E-state index contributed by atoms with van der Waals surface area (Å²) in [6.45, 7) is 4.69. The number of aromatic nitrogens is 2. The van der Waals surface area contributed by atoms with Gasteiger partial charge in [0, 0.05) is 38.4 Å². The molecule has 0 saturated carbocycles. The second-order valence-corrected chi connectivity index (χ2v) is 9.07. The van der Waals surface area contributed by atoms with Crippen molar-refractivity contribution in [1.29, 1.82) is 0 Å². The summed E-state index contributed by atoms with van der Waals surface area (Å²) in [6, 6.07) is 5.29. The molecule has 5 rings (SSSR count). The smallest absolute Gasteiger partial charge is 0.259 e. The summed E-state index contributed by atoms with van der Waals surface area (Å²) in [4.78, 5) is 21.7. The van der Waals surface area contributed by atoms with Crippen molar-refractivity contribution in [3.05, 3.63) is 57.1 Å². The molecule has 162 valence electrons. The van der Waals surface area contributed by atoms with Crippen molar-refractivity contribution in [3.63, 3.8) is 0 Å². The highest BCUT2D eigenvalue weighted by atomic mass is 35.5. The predicted molar refractivity (Wildman–Crippen MR) is 116 cm³/mol. The van der Waals surface area contributed by atoms with Crippen LogP contribution in [0.3, 0.4) is 0 Å². The summed E-state index contributed by atoms with van der Waals surface area (Å²) in [5.74, 6) is -0.194. The van der Waals surface area contributed by atoms with Crippen LogP contribution in [0.5, 0.6) is 0 Å². The molecular formula is C22H21Cl2FN4O2. The molecule has 2 aromatic heterocycles. The molecule has 2 aliphatic rings. The number of aryl methyl sites for hydroxylation is 1. The van der Waals surface area contributed by atoms with Crippen LogP contribution in [-0.2, 0) is 0 Å². The Bertz CT molecular complexity index is 1170. The van der Waals surface area contributed by atoms with Gasteiger partial charge in [0.1, 0.15) is 5.82 Å². The third kappa shape index (κ3) is 3.69. The first-order chi connectivity index (χ1) is 14.9. The van der Waals surface area contributed by atoms with Crippen molar-refractivity contribution in [3.8, 4) is 0 Å². The van der Waals surface area contributed by atoms with E-state index < -0.39 is 0 Å². The first-order valence-corrected chi connectivity index (χ1v) is 11.1. The molecule has 1 aromatic carbocycles. The van der Waals surface area contributed by atoms with E-state index in [1.807, 2.05) is 11.0 Å². The Morgan fingerprint density at radius 3 is 2.87 bits per heavy atom. The van der Waals surface area contributed by atoms with Crippen molar-refractivity contribution in [2.24, 2.45) is 0 Å². The lowest BCUT2D eigenvalue weighted by atomic mass is 9.86. The molecule has 0 aliphatic carbocycles. The zero-order chi connectivity index (χ0) is 21.7. The van der Waals surface area contributed by atoms with Crippen LogP contribution < -0.4 is 0 Å². The second kappa shape index (κ2) is 8.04. The minimum atomic E-state index is -0.390. The Hall–Kier alpha value is -2.22. The van der Waals surface area contributed by atoms with E-state index in [0.717, 1.165) is 31.5 Å². The molecule has 2 aliphatic heterocycles. The topological polar surface area (TPSA) is 62.5 Å². The highest BCUT2D eigenvalue weighted by Crippen LogP contribution is 2.34. The molecule has 4 heterocycles. The average Bonchev–Trinajstić information content (AvgIpc) is 3.16. The van der Waals surface area contributed by atoms with E-state index in [0.29, 0.717) is 46.4 Å². The molecule has 2 atom stereocenters. The SMILES string of the molecule is Cc1noc2ncc(C(=O)N3CCN4C[C@@H](c5ccc(F)c(Cl)c5)CC[C@@H]4C3)c(Cl)c12. The largest absolute Gasteiger partial charge is 0.336 e. The summed E-state index contributed by atoms with van der Waals surface area (Å²) in [5, 5.41) is 4.98. The Morgan fingerprint density at radius 2 is 2.06 bits per heavy atom. The Labute approximate surface area is 188 Å². The van der Waals surface area contributed by atoms with Crippen molar-refractivity contribution >= 4 is 40.2 Å². The minimum absolute atomic E-state index is 0.118. The van der Waals surface area contributed by atoms with Crippen molar-refractivity contribution in [2.45, 2.75) is 31.7 Å². The van der Waals surface area contributed by atoms with Gasteiger partial charge in [-0.1, -0.05) is 34.4 Å². The van der Waals surface area contributed by atoms with Gasteiger partial charge in [0.25, 0.3) is 11.6 Å². The first-order valence-electron chi connectivity index (χ1n) is 10.3. The van der Waals surface area contributed by atoms with Gasteiger partial charge in [0.15, 0.2) is 0 Å². The van der Waals surface area contributed by atoms with E-state index in [2.05, 4.69) is 15.0 Å². The van der Waals surface area contributed by atoms with Gasteiger partial charge in [-0.15, -0.1) is 0 Å². The number of pyridine rings is 1. The van der Waals surface area contributed by atoms with Crippen LogP contribution in [0.1, 0.15) is 40.4 Å². The lowest BCUT2D eigenvalue weighted by Crippen LogP contribution is -2.57. The van der Waals surface area contributed by atoms with Crippen LogP contribution in [-0.4, -0.2) is 58.1 Å². The summed E-state index contributed by atoms with van der Waals surface area (Å²) >= 11 is 12.5. The van der Waals surface area contributed by atoms with Gasteiger partial charge in [-0.3, -0.25) is 9.69 Å². The number of halogens is 3. The fourth-order valence-electron chi connectivity index (χ4n) is 4.73. The van der Waals surface area contributed by atoms with Gasteiger partial charge < -0.3 is 9.42 Å². The lowest BCUT2D eigenvalue weighted by molar-refractivity contribution is 0.0329. The van der Waals surface area contributed by atoms with Gasteiger partial charge >= 0.3 is 0 Å². The number of rotatable bonds is 2. The summed E-state index contributed by atoms with van der Waals surface area (Å²) in [5.41, 5.74) is 2.40. The predicted octanol–water partition coefficient (Wildman–Crippen LogP) is 4.68. The molecule has 0 unspecified atom stereocenters. The van der Waals surface area contributed by atoms with E-state index in [1.165, 1.54) is 12.3 Å². The molecule has 6 nitrogen and oxygen atoms in total. The third-order valence-corrected chi connectivity index (χ3v) is 7.13. The summed E-state index contributed by atoms with van der Waals surface area (Å²) in [6.07, 6.45) is 3.40. The molecule has 31 heavy (non-hydrogen) atoms. The Morgan fingerprint density at radius 1 is 1.23 bits per heavy atom. The third-order valence-electron chi connectivity index (χ3n) is 6.45. The maximum atomic E-state index is 13.5. The Kier molecular flexibility index (Phi) is 5.36. The van der Waals surface area contributed by atoms with Gasteiger partial charge in [-0.25, -0.2) is 9.37 Å². The molecule has 1 amide bonds. The van der Waals surface area contributed by atoms with Crippen LogP contribution in [0.4, 0.5) is 4.39 Å². The van der Waals surface area contributed by atoms with Crippen LogP contribution in [0.15, 0.2) is 28.9 Å². The molecule has 0 bridgehead atoms. The number of nitrogens with zero attached hydrogens (tertiary/aromatic N) is 4. The van der Waals surface area contributed by atoms with E-state index in [-0.39, 0.29) is 22.8 Å². The number of carbonyl (C=O) groups is 1. The van der Waals surface area contributed by atoms with Crippen LogP contribution >= 0.6 is 23.2 Å². The zero-order valence-corrected chi connectivity index (χ0v) is 18.5. The lowest BCUT2D eigenvalue weighted by Gasteiger charge is -2.46. The van der Waals surface area contributed by atoms with Gasteiger partial charge in [0.05, 0.1) is 26.7 Å².